The molecule has 1 aliphatic rings. The second-order valence-electron chi connectivity index (χ2n) is 6.22. The number of nitrogens with zero attached hydrogens (tertiary/aromatic N) is 1. The number of carbonyl (C=O) groups excluding carboxylic acids is 1. The number of thiazole rings is 1. The van der Waals surface area contributed by atoms with E-state index in [2.05, 4.69) is 15.3 Å². The smallest absolute Gasteiger partial charge is 0.263 e. The number of nitrogens with one attached hydrogen (secondary N) is 2. The molecule has 1 aromatic carbocycles. The van der Waals surface area contributed by atoms with E-state index in [1.165, 1.54) is 17.4 Å². The Morgan fingerprint density at radius 2 is 2.15 bits per heavy atom. The first-order valence-corrected chi connectivity index (χ1v) is 9.16. The van der Waals surface area contributed by atoms with Crippen molar-refractivity contribution in [3.05, 3.63) is 80.0 Å². The van der Waals surface area contributed by atoms with Crippen LogP contribution in [0.15, 0.2) is 41.3 Å². The molecule has 0 saturated heterocycles. The number of amides is 1. The molecule has 0 fully saturated rings. The molecule has 132 valence electrons. The van der Waals surface area contributed by atoms with Crippen LogP contribution in [0.2, 0.25) is 0 Å². The van der Waals surface area contributed by atoms with Crippen LogP contribution in [0.4, 0.5) is 9.52 Å². The summed E-state index contributed by atoms with van der Waals surface area (Å²) < 4.78 is 13.7. The van der Waals surface area contributed by atoms with Crippen LogP contribution >= 0.6 is 11.3 Å². The van der Waals surface area contributed by atoms with Gasteiger partial charge < -0.3 is 4.98 Å². The Labute approximate surface area is 152 Å². The van der Waals surface area contributed by atoms with E-state index in [4.69, 9.17) is 0 Å². The molecule has 2 heterocycles. The lowest BCUT2D eigenvalue weighted by Crippen LogP contribution is -2.24. The maximum Gasteiger partial charge on any atom is 0.263 e. The lowest BCUT2D eigenvalue weighted by atomic mass is 10.1. The van der Waals surface area contributed by atoms with Crippen molar-refractivity contribution in [1.29, 1.82) is 0 Å². The highest BCUT2D eigenvalue weighted by atomic mass is 32.1. The van der Waals surface area contributed by atoms with Crippen LogP contribution in [0.3, 0.4) is 0 Å². The molecule has 0 unspecified atom stereocenters. The number of fused-ring (bicyclic) bond motifs is 1. The van der Waals surface area contributed by atoms with Gasteiger partial charge in [0.2, 0.25) is 0 Å². The fourth-order valence-electron chi connectivity index (χ4n) is 3.12. The number of pyridine rings is 1. The predicted octanol–water partition coefficient (Wildman–Crippen LogP) is 3.30. The summed E-state index contributed by atoms with van der Waals surface area (Å²) in [6.45, 7) is 0. The topological polar surface area (TPSA) is 74.8 Å². The lowest BCUT2D eigenvalue weighted by Gasteiger charge is -2.04. The maximum atomic E-state index is 13.7. The Balaban J connectivity index is 1.50. The summed E-state index contributed by atoms with van der Waals surface area (Å²) in [5.41, 5.74) is 2.23. The van der Waals surface area contributed by atoms with Gasteiger partial charge in [-0.15, -0.1) is 11.3 Å². The Morgan fingerprint density at radius 3 is 3.00 bits per heavy atom. The SMILES string of the molecule is O=C(Nc1ncc(Cc2ccccc2F)s1)c1cc2c([nH]c1=O)CCC2. The number of H-pyrrole nitrogens is 1. The summed E-state index contributed by atoms with van der Waals surface area (Å²) in [6.07, 6.45) is 4.72. The zero-order valence-electron chi connectivity index (χ0n) is 13.8. The molecule has 1 amide bonds. The zero-order valence-corrected chi connectivity index (χ0v) is 14.7. The number of anilines is 1. The van der Waals surface area contributed by atoms with E-state index in [1.54, 1.807) is 30.5 Å². The zero-order chi connectivity index (χ0) is 18.1. The van der Waals surface area contributed by atoms with Crippen LogP contribution in [0.5, 0.6) is 0 Å². The van der Waals surface area contributed by atoms with Gasteiger partial charge >= 0.3 is 0 Å². The number of halogens is 1. The average molecular weight is 369 g/mol. The summed E-state index contributed by atoms with van der Waals surface area (Å²) >= 11 is 1.27. The van der Waals surface area contributed by atoms with E-state index in [0.29, 0.717) is 17.1 Å². The third-order valence-electron chi connectivity index (χ3n) is 4.43. The Hall–Kier alpha value is -2.80. The van der Waals surface area contributed by atoms with Crippen molar-refractivity contribution in [3.8, 4) is 0 Å². The fraction of sp³-hybridized carbons (Fsp3) is 0.211. The number of aryl methyl sites for hydroxylation is 2. The molecule has 3 aromatic rings. The van der Waals surface area contributed by atoms with Crippen molar-refractivity contribution >= 4 is 22.4 Å². The minimum atomic E-state index is -0.479. The quantitative estimate of drug-likeness (QED) is 0.741. The van der Waals surface area contributed by atoms with E-state index in [9.17, 15) is 14.0 Å². The van der Waals surface area contributed by atoms with Gasteiger partial charge in [-0.25, -0.2) is 9.37 Å². The number of aromatic nitrogens is 2. The largest absolute Gasteiger partial charge is 0.325 e. The van der Waals surface area contributed by atoms with Gasteiger partial charge in [-0.1, -0.05) is 18.2 Å². The number of rotatable bonds is 4. The second-order valence-corrected chi connectivity index (χ2v) is 7.34. The number of hydrogen-bond donors (Lipinski definition) is 2. The van der Waals surface area contributed by atoms with E-state index >= 15 is 0 Å². The third kappa shape index (κ3) is 3.30. The van der Waals surface area contributed by atoms with Gasteiger partial charge in [-0.2, -0.15) is 0 Å². The third-order valence-corrected chi connectivity index (χ3v) is 5.34. The number of hydrogen-bond acceptors (Lipinski definition) is 4. The second kappa shape index (κ2) is 6.84. The number of aromatic amines is 1. The van der Waals surface area contributed by atoms with Crippen molar-refractivity contribution < 1.29 is 9.18 Å². The molecule has 5 nitrogen and oxygen atoms in total. The van der Waals surface area contributed by atoms with Gasteiger partial charge in [-0.05, 0) is 42.5 Å². The van der Waals surface area contributed by atoms with E-state index in [1.807, 2.05) is 0 Å². The standard InChI is InChI=1S/C19H16FN3O2S/c20-15-6-2-1-4-11(15)8-13-10-21-19(26-13)23-18(25)14-9-12-5-3-7-16(12)22-17(14)24/h1-2,4,6,9-10H,3,5,7-8H2,(H,22,24)(H,21,23,25). The van der Waals surface area contributed by atoms with Crippen LogP contribution in [0.25, 0.3) is 0 Å². The minimum Gasteiger partial charge on any atom is -0.325 e. The molecule has 0 bridgehead atoms. The molecule has 0 aliphatic heterocycles. The van der Waals surface area contributed by atoms with E-state index < -0.39 is 5.91 Å². The lowest BCUT2D eigenvalue weighted by molar-refractivity contribution is 0.102. The first kappa shape index (κ1) is 16.7. The van der Waals surface area contributed by atoms with Crippen molar-refractivity contribution in [3.63, 3.8) is 0 Å². The molecule has 0 radical (unpaired) electrons. The van der Waals surface area contributed by atoms with E-state index in [0.717, 1.165) is 35.4 Å². The van der Waals surface area contributed by atoms with Crippen molar-refractivity contribution in [2.75, 3.05) is 5.32 Å². The van der Waals surface area contributed by atoms with Gasteiger partial charge in [0.15, 0.2) is 5.13 Å². The molecule has 1 aliphatic carbocycles. The molecule has 0 atom stereocenters. The van der Waals surface area contributed by atoms with Crippen LogP contribution in [0.1, 0.15) is 38.5 Å². The summed E-state index contributed by atoms with van der Waals surface area (Å²) in [7, 11) is 0. The molecule has 4 rings (SSSR count). The normalized spacial score (nSPS) is 12.8. The minimum absolute atomic E-state index is 0.0940. The van der Waals surface area contributed by atoms with Gasteiger partial charge in [0.05, 0.1) is 0 Å². The monoisotopic (exact) mass is 369 g/mol. The van der Waals surface area contributed by atoms with Crippen LogP contribution in [0, 0.1) is 5.82 Å². The highest BCUT2D eigenvalue weighted by Crippen LogP contribution is 2.23. The predicted molar refractivity (Wildman–Crippen MR) is 98.4 cm³/mol. The van der Waals surface area contributed by atoms with Gasteiger partial charge in [0.25, 0.3) is 11.5 Å². The summed E-state index contributed by atoms with van der Waals surface area (Å²) in [5.74, 6) is -0.746. The van der Waals surface area contributed by atoms with Gasteiger partial charge in [0.1, 0.15) is 11.4 Å². The number of carbonyl (C=O) groups is 1. The maximum absolute atomic E-state index is 13.7. The van der Waals surface area contributed by atoms with E-state index in [-0.39, 0.29) is 16.9 Å². The summed E-state index contributed by atoms with van der Waals surface area (Å²) in [4.78, 5) is 32.3. The Bertz CT molecular complexity index is 1040. The Morgan fingerprint density at radius 1 is 1.31 bits per heavy atom. The van der Waals surface area contributed by atoms with Gasteiger partial charge in [0, 0.05) is 23.2 Å². The fourth-order valence-corrected chi connectivity index (χ4v) is 3.95. The first-order valence-electron chi connectivity index (χ1n) is 8.34. The molecule has 0 spiro atoms. The van der Waals surface area contributed by atoms with Crippen molar-refractivity contribution in [2.45, 2.75) is 25.7 Å². The number of benzene rings is 1. The van der Waals surface area contributed by atoms with Crippen molar-refractivity contribution in [1.82, 2.24) is 9.97 Å². The summed E-state index contributed by atoms with van der Waals surface area (Å²) in [6, 6.07) is 8.23. The molecule has 7 heteroatoms. The van der Waals surface area contributed by atoms with Crippen LogP contribution < -0.4 is 10.9 Å². The van der Waals surface area contributed by atoms with Crippen LogP contribution in [-0.2, 0) is 19.3 Å². The highest BCUT2D eigenvalue weighted by Gasteiger charge is 2.19. The molecule has 0 saturated carbocycles. The van der Waals surface area contributed by atoms with Gasteiger partial charge in [-0.3, -0.25) is 14.9 Å². The average Bonchev–Trinajstić information content (AvgIpc) is 3.25. The van der Waals surface area contributed by atoms with Crippen molar-refractivity contribution in [2.24, 2.45) is 0 Å². The molecule has 2 aromatic heterocycles. The first-order chi connectivity index (χ1) is 12.6. The molecular formula is C19H16FN3O2S. The summed E-state index contributed by atoms with van der Waals surface area (Å²) in [5, 5.41) is 3.06. The molecule has 2 N–H and O–H groups in total. The highest BCUT2D eigenvalue weighted by molar-refractivity contribution is 7.15. The Kier molecular flexibility index (Phi) is 4.38. The molecular weight excluding hydrogens is 353 g/mol. The van der Waals surface area contributed by atoms with Crippen LogP contribution in [-0.4, -0.2) is 15.9 Å². The molecule has 26 heavy (non-hydrogen) atoms.